The predicted octanol–water partition coefficient (Wildman–Crippen LogP) is 0.0314. The summed E-state index contributed by atoms with van der Waals surface area (Å²) in [5.41, 5.74) is 6.20. The molecule has 11 heavy (non-hydrogen) atoms. The molecule has 0 saturated carbocycles. The van der Waals surface area contributed by atoms with Gasteiger partial charge in [0.1, 0.15) is 6.54 Å². The quantitative estimate of drug-likeness (QED) is 0.645. The molecule has 0 amide bonds. The molecule has 0 radical (unpaired) electrons. The zero-order valence-corrected chi connectivity index (χ0v) is 6.03. The molecular formula is C7H10N2O2. The molecule has 0 fully saturated rings. The molecule has 0 unspecified atom stereocenters. The fourth-order valence-electron chi connectivity index (χ4n) is 0.935. The van der Waals surface area contributed by atoms with Crippen molar-refractivity contribution in [1.29, 1.82) is 0 Å². The maximum Gasteiger partial charge on any atom is 0.323 e. The smallest absolute Gasteiger partial charge is 0.323 e. The van der Waals surface area contributed by atoms with E-state index in [0.29, 0.717) is 6.54 Å². The van der Waals surface area contributed by atoms with Gasteiger partial charge in [0.15, 0.2) is 0 Å². The summed E-state index contributed by atoms with van der Waals surface area (Å²) in [5, 5.41) is 8.44. The van der Waals surface area contributed by atoms with Crippen LogP contribution in [0.25, 0.3) is 0 Å². The monoisotopic (exact) mass is 154 g/mol. The molecule has 0 saturated heterocycles. The van der Waals surface area contributed by atoms with Crippen molar-refractivity contribution in [2.75, 3.05) is 0 Å². The van der Waals surface area contributed by atoms with Gasteiger partial charge in [-0.1, -0.05) is 0 Å². The second-order valence-electron chi connectivity index (χ2n) is 2.23. The average molecular weight is 154 g/mol. The normalized spacial score (nSPS) is 9.91. The lowest BCUT2D eigenvalue weighted by atomic mass is 10.4. The van der Waals surface area contributed by atoms with Gasteiger partial charge < -0.3 is 15.4 Å². The van der Waals surface area contributed by atoms with Gasteiger partial charge in [0.25, 0.3) is 0 Å². The largest absolute Gasteiger partial charge is 0.480 e. The van der Waals surface area contributed by atoms with E-state index in [1.807, 2.05) is 6.07 Å². The Balaban J connectivity index is 2.76. The van der Waals surface area contributed by atoms with E-state index in [0.717, 1.165) is 5.69 Å². The molecule has 4 nitrogen and oxygen atoms in total. The second-order valence-corrected chi connectivity index (χ2v) is 2.23. The first-order valence-corrected chi connectivity index (χ1v) is 3.30. The van der Waals surface area contributed by atoms with Crippen LogP contribution in [0.4, 0.5) is 0 Å². The van der Waals surface area contributed by atoms with Crippen LogP contribution in [0.1, 0.15) is 5.69 Å². The number of aliphatic carboxylic acids is 1. The van der Waals surface area contributed by atoms with Crippen LogP contribution < -0.4 is 5.73 Å². The minimum Gasteiger partial charge on any atom is -0.480 e. The summed E-state index contributed by atoms with van der Waals surface area (Å²) in [4.78, 5) is 10.3. The Morgan fingerprint density at radius 1 is 1.73 bits per heavy atom. The van der Waals surface area contributed by atoms with Crippen molar-refractivity contribution < 1.29 is 9.90 Å². The van der Waals surface area contributed by atoms with Crippen molar-refractivity contribution in [3.8, 4) is 0 Å². The van der Waals surface area contributed by atoms with Crippen LogP contribution >= 0.6 is 0 Å². The van der Waals surface area contributed by atoms with Crippen LogP contribution in [0.15, 0.2) is 18.3 Å². The van der Waals surface area contributed by atoms with Crippen LogP contribution in [-0.2, 0) is 17.9 Å². The van der Waals surface area contributed by atoms with Gasteiger partial charge in [-0.2, -0.15) is 0 Å². The maximum atomic E-state index is 10.3. The zero-order chi connectivity index (χ0) is 8.27. The van der Waals surface area contributed by atoms with Crippen molar-refractivity contribution in [1.82, 2.24) is 4.57 Å². The molecule has 0 spiro atoms. The Bertz CT molecular complexity index is 255. The minimum atomic E-state index is -0.851. The van der Waals surface area contributed by atoms with E-state index < -0.39 is 5.97 Å². The van der Waals surface area contributed by atoms with Crippen LogP contribution in [-0.4, -0.2) is 15.6 Å². The first-order chi connectivity index (χ1) is 5.24. The highest BCUT2D eigenvalue weighted by molar-refractivity contribution is 5.66. The van der Waals surface area contributed by atoms with Crippen molar-refractivity contribution >= 4 is 5.97 Å². The fourth-order valence-corrected chi connectivity index (χ4v) is 0.935. The van der Waals surface area contributed by atoms with Crippen LogP contribution in [0.3, 0.4) is 0 Å². The summed E-state index contributed by atoms with van der Waals surface area (Å²) in [6.07, 6.45) is 1.70. The molecule has 0 atom stereocenters. The van der Waals surface area contributed by atoms with Crippen molar-refractivity contribution in [3.63, 3.8) is 0 Å². The highest BCUT2D eigenvalue weighted by Crippen LogP contribution is 1.99. The molecule has 1 aromatic heterocycles. The molecule has 3 N–H and O–H groups in total. The Morgan fingerprint density at radius 3 is 3.00 bits per heavy atom. The molecule has 1 rings (SSSR count). The van der Waals surface area contributed by atoms with Gasteiger partial charge in [0.05, 0.1) is 0 Å². The molecule has 0 bridgehead atoms. The van der Waals surface area contributed by atoms with E-state index in [2.05, 4.69) is 0 Å². The molecule has 0 aromatic carbocycles. The maximum absolute atomic E-state index is 10.3. The number of carboxylic acids is 1. The third-order valence-corrected chi connectivity index (χ3v) is 1.44. The average Bonchev–Trinajstić information content (AvgIpc) is 2.34. The topological polar surface area (TPSA) is 68.2 Å². The predicted molar refractivity (Wildman–Crippen MR) is 40.0 cm³/mol. The summed E-state index contributed by atoms with van der Waals surface area (Å²) in [5.74, 6) is -0.851. The number of carbonyl (C=O) groups is 1. The van der Waals surface area contributed by atoms with E-state index in [1.54, 1.807) is 16.8 Å². The number of aromatic nitrogens is 1. The Labute approximate surface area is 64.2 Å². The van der Waals surface area contributed by atoms with Gasteiger partial charge in [0, 0.05) is 18.4 Å². The second kappa shape index (κ2) is 3.21. The molecule has 0 aliphatic heterocycles. The van der Waals surface area contributed by atoms with Gasteiger partial charge in [-0.15, -0.1) is 0 Å². The SMILES string of the molecule is NCc1cccn1CC(=O)O. The summed E-state index contributed by atoms with van der Waals surface area (Å²) < 4.78 is 1.61. The summed E-state index contributed by atoms with van der Waals surface area (Å²) in [6, 6.07) is 3.59. The molecule has 0 aliphatic rings. The third-order valence-electron chi connectivity index (χ3n) is 1.44. The molecule has 0 aliphatic carbocycles. The van der Waals surface area contributed by atoms with Gasteiger partial charge in [-0.3, -0.25) is 4.79 Å². The lowest BCUT2D eigenvalue weighted by Gasteiger charge is -2.02. The third kappa shape index (κ3) is 1.81. The van der Waals surface area contributed by atoms with E-state index in [4.69, 9.17) is 10.8 Å². The van der Waals surface area contributed by atoms with E-state index in [9.17, 15) is 4.79 Å². The Kier molecular flexibility index (Phi) is 2.28. The summed E-state index contributed by atoms with van der Waals surface area (Å²) in [6.45, 7) is 0.361. The van der Waals surface area contributed by atoms with Crippen LogP contribution in [0, 0.1) is 0 Å². The highest BCUT2D eigenvalue weighted by atomic mass is 16.4. The van der Waals surface area contributed by atoms with E-state index in [1.165, 1.54) is 0 Å². The molecular weight excluding hydrogens is 144 g/mol. The number of hydrogen-bond donors (Lipinski definition) is 2. The van der Waals surface area contributed by atoms with Crippen LogP contribution in [0.2, 0.25) is 0 Å². The zero-order valence-electron chi connectivity index (χ0n) is 6.03. The molecule has 60 valence electrons. The number of nitrogens with zero attached hydrogens (tertiary/aromatic N) is 1. The Morgan fingerprint density at radius 2 is 2.45 bits per heavy atom. The molecule has 1 aromatic rings. The van der Waals surface area contributed by atoms with E-state index in [-0.39, 0.29) is 6.54 Å². The van der Waals surface area contributed by atoms with Crippen molar-refractivity contribution in [2.45, 2.75) is 13.1 Å². The number of nitrogens with two attached hydrogens (primary N) is 1. The fraction of sp³-hybridized carbons (Fsp3) is 0.286. The lowest BCUT2D eigenvalue weighted by molar-refractivity contribution is -0.137. The standard InChI is InChI=1S/C7H10N2O2/c8-4-6-2-1-3-9(6)5-7(10)11/h1-3H,4-5,8H2,(H,10,11). The first kappa shape index (κ1) is 7.81. The Hall–Kier alpha value is -1.29. The number of carboxylic acid groups (broad SMARTS) is 1. The number of rotatable bonds is 3. The summed E-state index contributed by atoms with van der Waals surface area (Å²) in [7, 11) is 0. The number of hydrogen-bond acceptors (Lipinski definition) is 2. The van der Waals surface area contributed by atoms with Gasteiger partial charge >= 0.3 is 5.97 Å². The molecule has 1 heterocycles. The first-order valence-electron chi connectivity index (χ1n) is 3.30. The lowest BCUT2D eigenvalue weighted by Crippen LogP contribution is -2.12. The summed E-state index contributed by atoms with van der Waals surface area (Å²) >= 11 is 0. The van der Waals surface area contributed by atoms with Crippen molar-refractivity contribution in [3.05, 3.63) is 24.0 Å². The van der Waals surface area contributed by atoms with Gasteiger partial charge in [0.2, 0.25) is 0 Å². The van der Waals surface area contributed by atoms with Crippen LogP contribution in [0.5, 0.6) is 0 Å². The minimum absolute atomic E-state index is 0.0144. The highest BCUT2D eigenvalue weighted by Gasteiger charge is 2.01. The van der Waals surface area contributed by atoms with E-state index >= 15 is 0 Å². The molecule has 4 heteroatoms. The van der Waals surface area contributed by atoms with Crippen molar-refractivity contribution in [2.24, 2.45) is 5.73 Å². The van der Waals surface area contributed by atoms with Gasteiger partial charge in [-0.25, -0.2) is 0 Å². The van der Waals surface area contributed by atoms with Gasteiger partial charge in [-0.05, 0) is 12.1 Å².